The van der Waals surface area contributed by atoms with E-state index in [0.29, 0.717) is 18.7 Å². The second kappa shape index (κ2) is 8.61. The van der Waals surface area contributed by atoms with Crippen molar-refractivity contribution in [1.29, 1.82) is 0 Å². The lowest BCUT2D eigenvalue weighted by Crippen LogP contribution is -2.44. The Kier molecular flexibility index (Phi) is 5.86. The van der Waals surface area contributed by atoms with Gasteiger partial charge in [0.25, 0.3) is 5.91 Å². The minimum atomic E-state index is -1.34. The van der Waals surface area contributed by atoms with Crippen LogP contribution in [0.2, 0.25) is 0 Å². The molecule has 2 aliphatic rings. The number of hydrogen-bond acceptors (Lipinski definition) is 4. The number of nitrogens with one attached hydrogen (secondary N) is 1. The summed E-state index contributed by atoms with van der Waals surface area (Å²) in [6, 6.07) is 12.3. The van der Waals surface area contributed by atoms with Gasteiger partial charge in [0.2, 0.25) is 5.91 Å². The molecule has 0 aromatic heterocycles. The summed E-state index contributed by atoms with van der Waals surface area (Å²) in [5.41, 5.74) is 0.109. The van der Waals surface area contributed by atoms with Crippen molar-refractivity contribution in [2.45, 2.75) is 38.3 Å². The highest BCUT2D eigenvalue weighted by atomic mass is 19.1. The van der Waals surface area contributed by atoms with Gasteiger partial charge in [-0.15, -0.1) is 0 Å². The molecule has 0 spiro atoms. The molecule has 1 N–H and O–H groups in total. The second-order valence-electron chi connectivity index (χ2n) is 8.20. The molecule has 2 aromatic carbocycles. The number of imide groups is 1. The van der Waals surface area contributed by atoms with Gasteiger partial charge in [0.1, 0.15) is 23.7 Å². The van der Waals surface area contributed by atoms with E-state index in [2.05, 4.69) is 5.32 Å². The van der Waals surface area contributed by atoms with Gasteiger partial charge in [-0.25, -0.2) is 9.18 Å². The lowest BCUT2D eigenvalue weighted by Gasteiger charge is -2.27. The Morgan fingerprint density at radius 3 is 2.50 bits per heavy atom. The van der Waals surface area contributed by atoms with Crippen molar-refractivity contribution in [3.05, 3.63) is 65.5 Å². The van der Waals surface area contributed by atoms with Crippen LogP contribution in [0.3, 0.4) is 0 Å². The van der Waals surface area contributed by atoms with Gasteiger partial charge in [0, 0.05) is 6.54 Å². The molecule has 2 atom stereocenters. The molecule has 0 bridgehead atoms. The van der Waals surface area contributed by atoms with Crippen LogP contribution in [-0.2, 0) is 15.1 Å². The monoisotopic (exact) mass is 439 g/mol. The third-order valence-corrected chi connectivity index (χ3v) is 6.14. The molecule has 8 heteroatoms. The topological polar surface area (TPSA) is 79.0 Å². The van der Waals surface area contributed by atoms with Crippen LogP contribution < -0.4 is 10.1 Å². The first-order valence-corrected chi connectivity index (χ1v) is 10.8. The number of hydrogen-bond donors (Lipinski definition) is 1. The number of amides is 4. The van der Waals surface area contributed by atoms with Crippen LogP contribution in [0.25, 0.3) is 0 Å². The number of carbonyl (C=O) groups is 3. The zero-order valence-corrected chi connectivity index (χ0v) is 18.1. The summed E-state index contributed by atoms with van der Waals surface area (Å²) in [5, 5.41) is 2.65. The fourth-order valence-electron chi connectivity index (χ4n) is 4.41. The van der Waals surface area contributed by atoms with E-state index < -0.39 is 23.3 Å². The molecule has 2 saturated heterocycles. The standard InChI is InChI=1S/C24H26FN3O4/c1-3-32-19-12-6-16(7-13-19)20-5-4-14-27(20)21(29)15-28-22(30)24(2,26-23(28)31)17-8-10-18(25)11-9-17/h6-13,20H,3-5,14-15H2,1-2H3,(H,26,31). The van der Waals surface area contributed by atoms with E-state index in [9.17, 15) is 18.8 Å². The molecule has 2 heterocycles. The Morgan fingerprint density at radius 1 is 1.16 bits per heavy atom. The predicted molar refractivity (Wildman–Crippen MR) is 115 cm³/mol. The first kappa shape index (κ1) is 21.8. The fourth-order valence-corrected chi connectivity index (χ4v) is 4.41. The summed E-state index contributed by atoms with van der Waals surface area (Å²) in [6.45, 7) is 4.28. The van der Waals surface area contributed by atoms with Crippen molar-refractivity contribution >= 4 is 17.8 Å². The van der Waals surface area contributed by atoms with Crippen molar-refractivity contribution in [3.8, 4) is 5.75 Å². The van der Waals surface area contributed by atoms with Crippen LogP contribution in [0.4, 0.5) is 9.18 Å². The van der Waals surface area contributed by atoms with E-state index in [1.807, 2.05) is 31.2 Å². The Morgan fingerprint density at radius 2 is 1.84 bits per heavy atom. The van der Waals surface area contributed by atoms with E-state index in [1.165, 1.54) is 24.3 Å². The van der Waals surface area contributed by atoms with Crippen LogP contribution in [-0.4, -0.2) is 47.3 Å². The van der Waals surface area contributed by atoms with E-state index in [1.54, 1.807) is 11.8 Å². The Bertz CT molecular complexity index is 1020. The summed E-state index contributed by atoms with van der Waals surface area (Å²) < 4.78 is 18.8. The molecule has 0 radical (unpaired) electrons. The highest BCUT2D eigenvalue weighted by molar-refractivity contribution is 6.09. The summed E-state index contributed by atoms with van der Waals surface area (Å²) in [6.07, 6.45) is 1.66. The molecule has 4 amide bonds. The largest absolute Gasteiger partial charge is 0.494 e. The highest BCUT2D eigenvalue weighted by Gasteiger charge is 2.50. The van der Waals surface area contributed by atoms with Gasteiger partial charge >= 0.3 is 6.03 Å². The number of urea groups is 1. The molecule has 2 aliphatic heterocycles. The Balaban J connectivity index is 1.48. The van der Waals surface area contributed by atoms with Gasteiger partial charge in [-0.05, 0) is 62.1 Å². The van der Waals surface area contributed by atoms with E-state index in [-0.39, 0.29) is 18.5 Å². The smallest absolute Gasteiger partial charge is 0.325 e. The summed E-state index contributed by atoms with van der Waals surface area (Å²) in [4.78, 5) is 41.5. The molecule has 2 unspecified atom stereocenters. The zero-order chi connectivity index (χ0) is 22.9. The first-order chi connectivity index (χ1) is 15.3. The molecule has 7 nitrogen and oxygen atoms in total. The van der Waals surface area contributed by atoms with Crippen molar-refractivity contribution in [3.63, 3.8) is 0 Å². The predicted octanol–water partition coefficient (Wildman–Crippen LogP) is 3.36. The van der Waals surface area contributed by atoms with Crippen molar-refractivity contribution < 1.29 is 23.5 Å². The minimum absolute atomic E-state index is 0.109. The number of likely N-dealkylation sites (tertiary alicyclic amines) is 1. The molecular formula is C24H26FN3O4. The van der Waals surface area contributed by atoms with Gasteiger partial charge in [-0.1, -0.05) is 24.3 Å². The van der Waals surface area contributed by atoms with Crippen molar-refractivity contribution in [2.75, 3.05) is 19.7 Å². The third kappa shape index (κ3) is 3.92. The maximum atomic E-state index is 13.3. The number of nitrogens with zero attached hydrogens (tertiary/aromatic N) is 2. The molecule has 2 fully saturated rings. The van der Waals surface area contributed by atoms with Crippen molar-refractivity contribution in [2.24, 2.45) is 0 Å². The van der Waals surface area contributed by atoms with Crippen LogP contribution in [0.1, 0.15) is 43.9 Å². The molecular weight excluding hydrogens is 413 g/mol. The van der Waals surface area contributed by atoms with Crippen LogP contribution in [0, 0.1) is 5.82 Å². The summed E-state index contributed by atoms with van der Waals surface area (Å²) in [7, 11) is 0. The summed E-state index contributed by atoms with van der Waals surface area (Å²) >= 11 is 0. The maximum absolute atomic E-state index is 13.3. The summed E-state index contributed by atoms with van der Waals surface area (Å²) in [5.74, 6) is -0.477. The number of benzene rings is 2. The van der Waals surface area contributed by atoms with Gasteiger partial charge in [0.05, 0.1) is 12.6 Å². The molecule has 0 saturated carbocycles. The number of rotatable bonds is 6. The minimum Gasteiger partial charge on any atom is -0.494 e. The molecule has 2 aromatic rings. The quantitative estimate of drug-likeness (QED) is 0.700. The molecule has 32 heavy (non-hydrogen) atoms. The highest BCUT2D eigenvalue weighted by Crippen LogP contribution is 2.34. The Labute approximate surface area is 186 Å². The average molecular weight is 439 g/mol. The zero-order valence-electron chi connectivity index (χ0n) is 18.1. The lowest BCUT2D eigenvalue weighted by molar-refractivity contribution is -0.139. The molecule has 4 rings (SSSR count). The van der Waals surface area contributed by atoms with Gasteiger partial charge in [-0.2, -0.15) is 0 Å². The lowest BCUT2D eigenvalue weighted by atomic mass is 9.92. The average Bonchev–Trinajstić information content (AvgIpc) is 3.35. The fraction of sp³-hybridized carbons (Fsp3) is 0.375. The normalized spacial score (nSPS) is 22.9. The molecule has 168 valence electrons. The number of halogens is 1. The number of ether oxygens (including phenoxy) is 1. The van der Waals surface area contributed by atoms with E-state index >= 15 is 0 Å². The van der Waals surface area contributed by atoms with E-state index in [0.717, 1.165) is 29.1 Å². The van der Waals surface area contributed by atoms with Crippen LogP contribution in [0.15, 0.2) is 48.5 Å². The molecule has 0 aliphatic carbocycles. The van der Waals surface area contributed by atoms with Gasteiger partial charge < -0.3 is 15.0 Å². The third-order valence-electron chi connectivity index (χ3n) is 6.14. The van der Waals surface area contributed by atoms with E-state index in [4.69, 9.17) is 4.74 Å². The SMILES string of the molecule is CCOc1ccc(C2CCCN2C(=O)CN2C(=O)NC(C)(c3ccc(F)cc3)C2=O)cc1. The van der Waals surface area contributed by atoms with Gasteiger partial charge in [0.15, 0.2) is 0 Å². The van der Waals surface area contributed by atoms with Crippen LogP contribution >= 0.6 is 0 Å². The first-order valence-electron chi connectivity index (χ1n) is 10.8. The van der Waals surface area contributed by atoms with Gasteiger partial charge in [-0.3, -0.25) is 14.5 Å². The Hall–Kier alpha value is -3.42. The van der Waals surface area contributed by atoms with Crippen molar-refractivity contribution in [1.82, 2.24) is 15.1 Å². The maximum Gasteiger partial charge on any atom is 0.325 e. The second-order valence-corrected chi connectivity index (χ2v) is 8.20. The van der Waals surface area contributed by atoms with Crippen LogP contribution in [0.5, 0.6) is 5.75 Å². The number of carbonyl (C=O) groups excluding carboxylic acids is 3.